The summed E-state index contributed by atoms with van der Waals surface area (Å²) >= 11 is 0. The van der Waals surface area contributed by atoms with Crippen molar-refractivity contribution in [1.29, 1.82) is 0 Å². The molecule has 0 aliphatic carbocycles. The second-order valence-electron chi connectivity index (χ2n) is 5.07. The average Bonchev–Trinajstić information content (AvgIpc) is 2.76. The van der Waals surface area contributed by atoms with Gasteiger partial charge in [-0.2, -0.15) is 0 Å². The van der Waals surface area contributed by atoms with E-state index < -0.39 is 17.5 Å². The Labute approximate surface area is 121 Å². The highest BCUT2D eigenvalue weighted by Gasteiger charge is 2.49. The molecule has 3 rings (SSSR count). The maximum atomic E-state index is 12.4. The van der Waals surface area contributed by atoms with Crippen molar-refractivity contribution in [2.45, 2.75) is 12.5 Å². The summed E-state index contributed by atoms with van der Waals surface area (Å²) in [6.07, 6.45) is 0. The molecular formula is C16H14N2O3. The Bertz CT molecular complexity index is 660. The monoisotopic (exact) mass is 282 g/mol. The molecule has 0 radical (unpaired) electrons. The van der Waals surface area contributed by atoms with E-state index >= 15 is 0 Å². The molecule has 0 aromatic heterocycles. The number of aryl methyl sites for hydroxylation is 1. The number of aromatic hydroxyl groups is 1. The zero-order valence-electron chi connectivity index (χ0n) is 11.4. The van der Waals surface area contributed by atoms with Gasteiger partial charge in [0.15, 0.2) is 5.54 Å². The minimum Gasteiger partial charge on any atom is -0.508 e. The SMILES string of the molecule is Cc1ccc([C@@]2(c3ccc(O)cc3)NC(=O)NC2=O)cc1. The number of hydrogen-bond donors (Lipinski definition) is 3. The van der Waals surface area contributed by atoms with Crippen molar-refractivity contribution in [3.63, 3.8) is 0 Å². The summed E-state index contributed by atoms with van der Waals surface area (Å²) in [5.41, 5.74) is 1.05. The number of carbonyl (C=O) groups is 2. The highest BCUT2D eigenvalue weighted by atomic mass is 16.3. The lowest BCUT2D eigenvalue weighted by Gasteiger charge is -2.27. The van der Waals surface area contributed by atoms with Gasteiger partial charge in [0.05, 0.1) is 0 Å². The van der Waals surface area contributed by atoms with E-state index in [-0.39, 0.29) is 5.75 Å². The van der Waals surface area contributed by atoms with E-state index in [9.17, 15) is 14.7 Å². The van der Waals surface area contributed by atoms with Gasteiger partial charge in [-0.25, -0.2) is 4.79 Å². The molecule has 21 heavy (non-hydrogen) atoms. The van der Waals surface area contributed by atoms with Crippen LogP contribution in [0, 0.1) is 6.92 Å². The molecular weight excluding hydrogens is 268 g/mol. The van der Waals surface area contributed by atoms with Gasteiger partial charge in [0.2, 0.25) is 0 Å². The third-order valence-corrected chi connectivity index (χ3v) is 3.65. The molecule has 0 saturated carbocycles. The summed E-state index contributed by atoms with van der Waals surface area (Å²) in [6, 6.07) is 13.1. The Morgan fingerprint density at radius 1 is 0.905 bits per heavy atom. The van der Waals surface area contributed by atoms with Crippen LogP contribution in [0.4, 0.5) is 4.79 Å². The number of amides is 3. The molecule has 1 atom stereocenters. The van der Waals surface area contributed by atoms with Gasteiger partial charge in [-0.15, -0.1) is 0 Å². The Morgan fingerprint density at radius 2 is 1.43 bits per heavy atom. The molecule has 0 bridgehead atoms. The van der Waals surface area contributed by atoms with Crippen molar-refractivity contribution in [2.75, 3.05) is 0 Å². The number of urea groups is 1. The molecule has 1 heterocycles. The summed E-state index contributed by atoms with van der Waals surface area (Å²) in [5, 5.41) is 14.4. The molecule has 1 saturated heterocycles. The fraction of sp³-hybridized carbons (Fsp3) is 0.125. The first-order chi connectivity index (χ1) is 10.0. The van der Waals surface area contributed by atoms with Gasteiger partial charge in [0.1, 0.15) is 5.75 Å². The highest BCUT2D eigenvalue weighted by molar-refractivity contribution is 6.09. The number of phenolic OH excluding ortho intramolecular Hbond substituents is 1. The molecule has 106 valence electrons. The molecule has 2 aromatic carbocycles. The van der Waals surface area contributed by atoms with Crippen LogP contribution in [0.1, 0.15) is 16.7 Å². The molecule has 5 heteroatoms. The van der Waals surface area contributed by atoms with Gasteiger partial charge in [-0.3, -0.25) is 10.1 Å². The van der Waals surface area contributed by atoms with Gasteiger partial charge in [0, 0.05) is 0 Å². The van der Waals surface area contributed by atoms with Crippen LogP contribution in [0.25, 0.3) is 0 Å². The lowest BCUT2D eigenvalue weighted by Crippen LogP contribution is -2.44. The van der Waals surface area contributed by atoms with E-state index in [4.69, 9.17) is 0 Å². The van der Waals surface area contributed by atoms with Crippen LogP contribution in [0.15, 0.2) is 48.5 Å². The second-order valence-corrected chi connectivity index (χ2v) is 5.07. The minimum atomic E-state index is -1.27. The highest BCUT2D eigenvalue weighted by Crippen LogP contribution is 2.33. The zero-order chi connectivity index (χ0) is 15.0. The molecule has 1 aliphatic heterocycles. The molecule has 1 aliphatic rings. The molecule has 5 nitrogen and oxygen atoms in total. The summed E-state index contributed by atoms with van der Waals surface area (Å²) in [4.78, 5) is 24.1. The van der Waals surface area contributed by atoms with Crippen LogP contribution in [-0.4, -0.2) is 17.0 Å². The van der Waals surface area contributed by atoms with E-state index in [1.54, 1.807) is 12.1 Å². The normalized spacial score (nSPS) is 21.0. The Balaban J connectivity index is 2.20. The van der Waals surface area contributed by atoms with Crippen LogP contribution in [0.3, 0.4) is 0 Å². The number of nitrogens with one attached hydrogen (secondary N) is 2. The van der Waals surface area contributed by atoms with Crippen molar-refractivity contribution in [3.8, 4) is 5.75 Å². The van der Waals surface area contributed by atoms with E-state index in [0.29, 0.717) is 11.1 Å². The number of benzene rings is 2. The molecule has 0 unspecified atom stereocenters. The third-order valence-electron chi connectivity index (χ3n) is 3.65. The summed E-state index contributed by atoms with van der Waals surface area (Å²) < 4.78 is 0. The first-order valence-corrected chi connectivity index (χ1v) is 6.52. The first-order valence-electron chi connectivity index (χ1n) is 6.52. The van der Waals surface area contributed by atoms with Crippen molar-refractivity contribution in [2.24, 2.45) is 0 Å². The van der Waals surface area contributed by atoms with Crippen molar-refractivity contribution >= 4 is 11.9 Å². The van der Waals surface area contributed by atoms with Crippen LogP contribution in [-0.2, 0) is 10.3 Å². The topological polar surface area (TPSA) is 78.4 Å². The van der Waals surface area contributed by atoms with E-state index in [1.807, 2.05) is 31.2 Å². The Hall–Kier alpha value is -2.82. The first kappa shape index (κ1) is 13.2. The number of hydrogen-bond acceptors (Lipinski definition) is 3. The predicted octanol–water partition coefficient (Wildman–Crippen LogP) is 1.78. The van der Waals surface area contributed by atoms with Gasteiger partial charge in [0.25, 0.3) is 5.91 Å². The van der Waals surface area contributed by atoms with Crippen molar-refractivity contribution in [3.05, 3.63) is 65.2 Å². The standard InChI is InChI=1S/C16H14N2O3/c1-10-2-4-11(5-3-10)16(14(20)17-15(21)18-16)12-6-8-13(19)9-7-12/h2-9,19H,1H3,(H2,17,18,20,21)/t16-/m0/s1. The van der Waals surface area contributed by atoms with Crippen molar-refractivity contribution < 1.29 is 14.7 Å². The molecule has 0 spiro atoms. The Kier molecular flexibility index (Phi) is 2.90. The molecule has 2 aromatic rings. The van der Waals surface area contributed by atoms with Gasteiger partial charge >= 0.3 is 6.03 Å². The lowest BCUT2D eigenvalue weighted by molar-refractivity contribution is -0.122. The van der Waals surface area contributed by atoms with Gasteiger partial charge in [-0.05, 0) is 30.2 Å². The largest absolute Gasteiger partial charge is 0.508 e. The number of carbonyl (C=O) groups excluding carboxylic acids is 2. The van der Waals surface area contributed by atoms with E-state index in [1.165, 1.54) is 12.1 Å². The van der Waals surface area contributed by atoms with Crippen LogP contribution in [0.5, 0.6) is 5.75 Å². The van der Waals surface area contributed by atoms with E-state index in [0.717, 1.165) is 5.56 Å². The van der Waals surface area contributed by atoms with Crippen LogP contribution in [0.2, 0.25) is 0 Å². The minimum absolute atomic E-state index is 0.0996. The number of rotatable bonds is 2. The smallest absolute Gasteiger partial charge is 0.322 e. The van der Waals surface area contributed by atoms with Crippen LogP contribution >= 0.6 is 0 Å². The number of phenols is 1. The van der Waals surface area contributed by atoms with Gasteiger partial charge < -0.3 is 10.4 Å². The third kappa shape index (κ3) is 2.03. The maximum absolute atomic E-state index is 12.4. The molecule has 3 amide bonds. The maximum Gasteiger partial charge on any atom is 0.322 e. The van der Waals surface area contributed by atoms with Gasteiger partial charge in [-0.1, -0.05) is 42.0 Å². The fourth-order valence-electron chi connectivity index (χ4n) is 2.54. The fourth-order valence-corrected chi connectivity index (χ4v) is 2.54. The number of imide groups is 1. The Morgan fingerprint density at radius 3 is 1.90 bits per heavy atom. The quantitative estimate of drug-likeness (QED) is 0.735. The molecule has 3 N–H and O–H groups in total. The molecule has 1 fully saturated rings. The van der Waals surface area contributed by atoms with Crippen LogP contribution < -0.4 is 10.6 Å². The predicted molar refractivity (Wildman–Crippen MR) is 76.7 cm³/mol. The zero-order valence-corrected chi connectivity index (χ0v) is 11.4. The summed E-state index contributed by atoms with van der Waals surface area (Å²) in [6.45, 7) is 1.95. The lowest BCUT2D eigenvalue weighted by atomic mass is 9.82. The summed E-state index contributed by atoms with van der Waals surface area (Å²) in [5.74, 6) is -0.329. The summed E-state index contributed by atoms with van der Waals surface area (Å²) in [7, 11) is 0. The average molecular weight is 282 g/mol. The van der Waals surface area contributed by atoms with Crippen molar-refractivity contribution in [1.82, 2.24) is 10.6 Å². The van der Waals surface area contributed by atoms with E-state index in [2.05, 4.69) is 10.6 Å². The second kappa shape index (κ2) is 4.63.